The van der Waals surface area contributed by atoms with E-state index in [2.05, 4.69) is 35.2 Å². The molecule has 0 saturated heterocycles. The standard InChI is InChI=1S/C25H28N2O3S2/c1-18-7-6-9-21(15-18)17-31-14-13-26-25(28)22-12-11-20(3)24(16-22)32(29,30)27-23-10-5-4-8-19(23)2/h4-12,15-16,27H,13-14,17H2,1-3H3,(H,26,28). The van der Waals surface area contributed by atoms with Gasteiger partial charge in [0.25, 0.3) is 15.9 Å². The Morgan fingerprint density at radius 2 is 1.69 bits per heavy atom. The van der Waals surface area contributed by atoms with Crippen molar-refractivity contribution in [1.29, 1.82) is 0 Å². The molecule has 3 aromatic carbocycles. The third-order valence-corrected chi connectivity index (χ3v) is 7.55. The SMILES string of the molecule is Cc1cccc(CSCCNC(=O)c2ccc(C)c(S(=O)(=O)Nc3ccccc3C)c2)c1. The molecule has 0 radical (unpaired) electrons. The summed E-state index contributed by atoms with van der Waals surface area (Å²) >= 11 is 1.74. The van der Waals surface area contributed by atoms with Crippen LogP contribution in [0.25, 0.3) is 0 Å². The van der Waals surface area contributed by atoms with Crippen LogP contribution in [0, 0.1) is 20.8 Å². The second-order valence-corrected chi connectivity index (χ2v) is 10.5. The zero-order chi connectivity index (χ0) is 23.1. The maximum absolute atomic E-state index is 13.0. The number of carbonyl (C=O) groups excluding carboxylic acids is 1. The fraction of sp³-hybridized carbons (Fsp3) is 0.240. The Kier molecular flexibility index (Phi) is 7.99. The minimum absolute atomic E-state index is 0.0993. The van der Waals surface area contributed by atoms with Gasteiger partial charge in [0.05, 0.1) is 10.6 Å². The Morgan fingerprint density at radius 1 is 0.906 bits per heavy atom. The second-order valence-electron chi connectivity index (χ2n) is 7.70. The number of amides is 1. The highest BCUT2D eigenvalue weighted by atomic mass is 32.2. The summed E-state index contributed by atoms with van der Waals surface area (Å²) < 4.78 is 28.5. The van der Waals surface area contributed by atoms with E-state index in [1.54, 1.807) is 43.0 Å². The van der Waals surface area contributed by atoms with Crippen LogP contribution in [-0.2, 0) is 15.8 Å². The molecule has 0 spiro atoms. The predicted molar refractivity (Wildman–Crippen MR) is 133 cm³/mol. The van der Waals surface area contributed by atoms with Gasteiger partial charge in [-0.25, -0.2) is 8.42 Å². The summed E-state index contributed by atoms with van der Waals surface area (Å²) in [4.78, 5) is 12.7. The fourth-order valence-corrected chi connectivity index (χ4v) is 5.46. The fourth-order valence-electron chi connectivity index (χ4n) is 3.25. The van der Waals surface area contributed by atoms with Crippen LogP contribution >= 0.6 is 11.8 Å². The molecule has 168 valence electrons. The summed E-state index contributed by atoms with van der Waals surface area (Å²) in [6.45, 7) is 6.13. The zero-order valence-corrected chi connectivity index (χ0v) is 20.1. The lowest BCUT2D eigenvalue weighted by Crippen LogP contribution is -2.26. The first-order chi connectivity index (χ1) is 15.3. The minimum Gasteiger partial charge on any atom is -0.351 e. The third-order valence-electron chi connectivity index (χ3n) is 5.01. The summed E-state index contributed by atoms with van der Waals surface area (Å²) in [5.41, 5.74) is 4.74. The van der Waals surface area contributed by atoms with Crippen molar-refractivity contribution in [1.82, 2.24) is 5.32 Å². The Morgan fingerprint density at radius 3 is 2.44 bits per heavy atom. The first-order valence-corrected chi connectivity index (χ1v) is 13.0. The van der Waals surface area contributed by atoms with Crippen molar-refractivity contribution in [3.05, 3.63) is 94.5 Å². The Bertz CT molecular complexity index is 1210. The summed E-state index contributed by atoms with van der Waals surface area (Å²) in [6.07, 6.45) is 0. The van der Waals surface area contributed by atoms with E-state index in [1.165, 1.54) is 17.2 Å². The lowest BCUT2D eigenvalue weighted by atomic mass is 10.1. The average molecular weight is 469 g/mol. The van der Waals surface area contributed by atoms with E-state index in [0.29, 0.717) is 23.4 Å². The first-order valence-electron chi connectivity index (χ1n) is 10.4. The predicted octanol–water partition coefficient (Wildman–Crippen LogP) is 5.08. The molecule has 0 unspecified atom stereocenters. The van der Waals surface area contributed by atoms with Crippen molar-refractivity contribution in [3.63, 3.8) is 0 Å². The highest BCUT2D eigenvalue weighted by Gasteiger charge is 2.20. The number of benzene rings is 3. The van der Waals surface area contributed by atoms with Gasteiger partial charge >= 0.3 is 0 Å². The van der Waals surface area contributed by atoms with Gasteiger partial charge in [-0.3, -0.25) is 9.52 Å². The topological polar surface area (TPSA) is 75.3 Å². The van der Waals surface area contributed by atoms with Gasteiger partial charge in [-0.15, -0.1) is 0 Å². The molecule has 3 rings (SSSR count). The molecule has 0 aromatic heterocycles. The van der Waals surface area contributed by atoms with E-state index in [0.717, 1.165) is 17.1 Å². The molecule has 5 nitrogen and oxygen atoms in total. The summed E-state index contributed by atoms with van der Waals surface area (Å²) in [7, 11) is -3.82. The number of aryl methyl sites for hydroxylation is 3. The van der Waals surface area contributed by atoms with Crippen LogP contribution in [0.3, 0.4) is 0 Å². The molecule has 0 bridgehead atoms. The van der Waals surface area contributed by atoms with Crippen molar-refractivity contribution >= 4 is 33.4 Å². The van der Waals surface area contributed by atoms with Crippen LogP contribution < -0.4 is 10.0 Å². The second kappa shape index (κ2) is 10.7. The van der Waals surface area contributed by atoms with Gasteiger partial charge in [-0.2, -0.15) is 11.8 Å². The number of anilines is 1. The monoisotopic (exact) mass is 468 g/mol. The van der Waals surface area contributed by atoms with Gasteiger partial charge in [0.1, 0.15) is 0 Å². The summed E-state index contributed by atoms with van der Waals surface area (Å²) in [5, 5.41) is 2.88. The minimum atomic E-state index is -3.82. The Balaban J connectivity index is 1.60. The van der Waals surface area contributed by atoms with Crippen LogP contribution in [0.5, 0.6) is 0 Å². The number of hydrogen-bond donors (Lipinski definition) is 2. The number of para-hydroxylation sites is 1. The summed E-state index contributed by atoms with van der Waals surface area (Å²) in [6, 6.07) is 20.3. The van der Waals surface area contributed by atoms with Crippen LogP contribution in [0.2, 0.25) is 0 Å². The van der Waals surface area contributed by atoms with Crippen molar-refractivity contribution in [2.75, 3.05) is 17.0 Å². The number of rotatable bonds is 9. The van der Waals surface area contributed by atoms with E-state index < -0.39 is 10.0 Å². The van der Waals surface area contributed by atoms with E-state index in [9.17, 15) is 13.2 Å². The average Bonchev–Trinajstić information content (AvgIpc) is 2.75. The van der Waals surface area contributed by atoms with E-state index >= 15 is 0 Å². The third kappa shape index (κ3) is 6.37. The van der Waals surface area contributed by atoms with E-state index in [1.807, 2.05) is 25.1 Å². The number of nitrogens with one attached hydrogen (secondary N) is 2. The molecule has 0 heterocycles. The van der Waals surface area contributed by atoms with Gasteiger partial charge in [0, 0.05) is 23.6 Å². The van der Waals surface area contributed by atoms with Crippen LogP contribution in [0.1, 0.15) is 32.6 Å². The molecular formula is C25H28N2O3S2. The van der Waals surface area contributed by atoms with Gasteiger partial charge in [-0.05, 0) is 55.7 Å². The van der Waals surface area contributed by atoms with Crippen LogP contribution in [-0.4, -0.2) is 26.6 Å². The van der Waals surface area contributed by atoms with E-state index in [-0.39, 0.29) is 10.8 Å². The maximum atomic E-state index is 13.0. The zero-order valence-electron chi connectivity index (χ0n) is 18.5. The van der Waals surface area contributed by atoms with E-state index in [4.69, 9.17) is 0 Å². The molecule has 0 aliphatic heterocycles. The van der Waals surface area contributed by atoms with Gasteiger partial charge in [-0.1, -0.05) is 54.1 Å². The highest BCUT2D eigenvalue weighted by molar-refractivity contribution is 7.98. The molecule has 32 heavy (non-hydrogen) atoms. The number of hydrogen-bond acceptors (Lipinski definition) is 4. The van der Waals surface area contributed by atoms with Gasteiger partial charge in [0.2, 0.25) is 0 Å². The molecule has 1 amide bonds. The number of thioether (sulfide) groups is 1. The molecule has 0 atom stereocenters. The van der Waals surface area contributed by atoms with Crippen molar-refractivity contribution in [2.24, 2.45) is 0 Å². The van der Waals surface area contributed by atoms with Crippen molar-refractivity contribution in [3.8, 4) is 0 Å². The van der Waals surface area contributed by atoms with Crippen molar-refractivity contribution in [2.45, 2.75) is 31.4 Å². The van der Waals surface area contributed by atoms with Crippen molar-refractivity contribution < 1.29 is 13.2 Å². The lowest BCUT2D eigenvalue weighted by molar-refractivity contribution is 0.0956. The maximum Gasteiger partial charge on any atom is 0.262 e. The molecule has 7 heteroatoms. The molecule has 2 N–H and O–H groups in total. The molecule has 0 saturated carbocycles. The number of sulfonamides is 1. The lowest BCUT2D eigenvalue weighted by Gasteiger charge is -2.13. The van der Waals surface area contributed by atoms with Crippen LogP contribution in [0.4, 0.5) is 5.69 Å². The van der Waals surface area contributed by atoms with Gasteiger partial charge < -0.3 is 5.32 Å². The Labute approximate surface area is 194 Å². The first kappa shape index (κ1) is 23.9. The molecule has 0 aliphatic rings. The highest BCUT2D eigenvalue weighted by Crippen LogP contribution is 2.23. The molecule has 0 aliphatic carbocycles. The summed E-state index contributed by atoms with van der Waals surface area (Å²) in [5.74, 6) is 1.37. The van der Waals surface area contributed by atoms with Gasteiger partial charge in [0.15, 0.2) is 0 Å². The van der Waals surface area contributed by atoms with Crippen LogP contribution in [0.15, 0.2) is 71.6 Å². The number of carbonyl (C=O) groups is 1. The quantitative estimate of drug-likeness (QED) is 0.430. The molecule has 3 aromatic rings. The molecule has 0 fully saturated rings. The Hall–Kier alpha value is -2.77. The largest absolute Gasteiger partial charge is 0.351 e. The normalized spacial score (nSPS) is 11.2. The molecular weight excluding hydrogens is 440 g/mol. The smallest absolute Gasteiger partial charge is 0.262 e.